The highest BCUT2D eigenvalue weighted by Crippen LogP contribution is 2.58. The Hall–Kier alpha value is -1.61. The first-order valence-electron chi connectivity index (χ1n) is 11.6. The van der Waals surface area contributed by atoms with Crippen LogP contribution in [0.25, 0.3) is 0 Å². The fourth-order valence-electron chi connectivity index (χ4n) is 5.30. The number of hydrogen-bond donors (Lipinski definition) is 2. The summed E-state index contributed by atoms with van der Waals surface area (Å²) in [7, 11) is -4.08. The molecule has 2 aliphatic rings. The maximum absolute atomic E-state index is 13.5. The lowest BCUT2D eigenvalue weighted by Crippen LogP contribution is -2.42. The zero-order valence-corrected chi connectivity index (χ0v) is 24.5. The minimum absolute atomic E-state index is 0.00160. The average Bonchev–Trinajstić information content (AvgIpc) is 3.03. The first-order chi connectivity index (χ1) is 16.3. The van der Waals surface area contributed by atoms with Gasteiger partial charge in [-0.1, -0.05) is 74.8 Å². The van der Waals surface area contributed by atoms with Crippen LogP contribution in [-0.4, -0.2) is 18.6 Å². The van der Waals surface area contributed by atoms with E-state index in [1.54, 1.807) is 18.2 Å². The number of allylic oxidation sites excluding steroid dienone is 2. The van der Waals surface area contributed by atoms with E-state index in [4.69, 9.17) is 4.18 Å². The molecule has 1 aliphatic carbocycles. The standard InChI is InChI=1S/C27H30Br2O5S/c1-13(2)17-11-20(15(5)23(28)25(17)30)27(19-9-7-8-10-22(19)35(32,33)34-27)21-12-18(14(3)4)26(31)24(29)16(21)6/h7-15,20,30-31H,1-6H3. The van der Waals surface area contributed by atoms with Crippen LogP contribution in [0.2, 0.25) is 0 Å². The van der Waals surface area contributed by atoms with Gasteiger partial charge in [-0.25, -0.2) is 4.18 Å². The largest absolute Gasteiger partial charge is 0.507 e. The fourth-order valence-corrected chi connectivity index (χ4v) is 7.72. The highest BCUT2D eigenvalue weighted by Gasteiger charge is 2.57. The van der Waals surface area contributed by atoms with E-state index in [-0.39, 0.29) is 34.2 Å². The summed E-state index contributed by atoms with van der Waals surface area (Å²) in [6.07, 6.45) is 1.96. The lowest BCUT2D eigenvalue weighted by atomic mass is 9.66. The molecule has 4 rings (SSSR count). The molecule has 35 heavy (non-hydrogen) atoms. The van der Waals surface area contributed by atoms with Crippen molar-refractivity contribution in [3.05, 3.63) is 78.9 Å². The second-order valence-corrected chi connectivity index (χ2v) is 13.2. The van der Waals surface area contributed by atoms with Crippen molar-refractivity contribution in [2.75, 3.05) is 0 Å². The Bertz CT molecular complexity index is 1370. The van der Waals surface area contributed by atoms with E-state index in [0.717, 1.165) is 5.57 Å². The number of aromatic hydroxyl groups is 1. The van der Waals surface area contributed by atoms with Gasteiger partial charge in [0.1, 0.15) is 22.0 Å². The summed E-state index contributed by atoms with van der Waals surface area (Å²) in [4.78, 5) is 0.135. The highest BCUT2D eigenvalue weighted by molar-refractivity contribution is 9.11. The summed E-state index contributed by atoms with van der Waals surface area (Å²) < 4.78 is 34.3. The van der Waals surface area contributed by atoms with Gasteiger partial charge in [-0.3, -0.25) is 0 Å². The van der Waals surface area contributed by atoms with E-state index < -0.39 is 21.6 Å². The molecule has 1 heterocycles. The summed E-state index contributed by atoms with van der Waals surface area (Å²) in [5, 5.41) is 21.8. The van der Waals surface area contributed by atoms with Gasteiger partial charge in [0.25, 0.3) is 10.1 Å². The Morgan fingerprint density at radius 2 is 1.66 bits per heavy atom. The summed E-state index contributed by atoms with van der Waals surface area (Å²) >= 11 is 7.15. The highest BCUT2D eigenvalue weighted by atomic mass is 79.9. The maximum Gasteiger partial charge on any atom is 0.298 e. The molecule has 8 heteroatoms. The van der Waals surface area contributed by atoms with Gasteiger partial charge in [-0.15, -0.1) is 0 Å². The minimum atomic E-state index is -4.08. The topological polar surface area (TPSA) is 83.8 Å². The van der Waals surface area contributed by atoms with E-state index in [9.17, 15) is 18.6 Å². The molecule has 2 N–H and O–H groups in total. The molecule has 5 nitrogen and oxygen atoms in total. The van der Waals surface area contributed by atoms with Crippen LogP contribution < -0.4 is 0 Å². The SMILES string of the molecule is Cc1c(C2(C3C=C(C(C)C)C(O)=C(Br)C3C)OS(=O)(=O)c3ccccc32)cc(C(C)C)c(O)c1Br. The quantitative estimate of drug-likeness (QED) is 0.343. The molecule has 0 saturated heterocycles. The third-order valence-electron chi connectivity index (χ3n) is 7.22. The average molecular weight is 626 g/mol. The van der Waals surface area contributed by atoms with Crippen LogP contribution in [0.5, 0.6) is 5.75 Å². The monoisotopic (exact) mass is 624 g/mol. The number of phenolic OH excluding ortho intramolecular Hbond substituents is 1. The molecular formula is C27H30Br2O5S. The number of aliphatic hydroxyl groups is 1. The van der Waals surface area contributed by atoms with Gasteiger partial charge >= 0.3 is 0 Å². The second kappa shape index (κ2) is 9.05. The van der Waals surface area contributed by atoms with Crippen LogP contribution in [-0.2, 0) is 19.9 Å². The fraction of sp³-hybridized carbons (Fsp3) is 0.407. The third kappa shape index (κ3) is 3.92. The molecule has 188 valence electrons. The zero-order valence-electron chi connectivity index (χ0n) is 20.6. The summed E-state index contributed by atoms with van der Waals surface area (Å²) in [5.41, 5.74) is 1.92. The molecule has 2 aromatic carbocycles. The van der Waals surface area contributed by atoms with E-state index in [1.165, 1.54) is 0 Å². The molecular weight excluding hydrogens is 596 g/mol. The second-order valence-electron chi connectivity index (χ2n) is 10.0. The molecule has 3 atom stereocenters. The number of aliphatic hydroxyl groups excluding tert-OH is 1. The van der Waals surface area contributed by atoms with Crippen molar-refractivity contribution in [3.8, 4) is 5.75 Å². The first-order valence-corrected chi connectivity index (χ1v) is 14.6. The summed E-state index contributed by atoms with van der Waals surface area (Å²) in [5.74, 6) is -0.468. The van der Waals surface area contributed by atoms with Crippen LogP contribution in [0.1, 0.15) is 62.8 Å². The van der Waals surface area contributed by atoms with Crippen molar-refractivity contribution in [2.24, 2.45) is 17.8 Å². The van der Waals surface area contributed by atoms with E-state index in [0.29, 0.717) is 31.2 Å². The van der Waals surface area contributed by atoms with Crippen LogP contribution in [0.15, 0.2) is 61.6 Å². The normalized spacial score (nSPS) is 25.8. The number of halogens is 2. The van der Waals surface area contributed by atoms with Gasteiger partial charge in [-0.05, 0) is 69.1 Å². The number of hydrogen-bond acceptors (Lipinski definition) is 5. The molecule has 0 radical (unpaired) electrons. The maximum atomic E-state index is 13.5. The smallest absolute Gasteiger partial charge is 0.298 e. The van der Waals surface area contributed by atoms with Crippen molar-refractivity contribution in [2.45, 2.75) is 58.0 Å². The Morgan fingerprint density at radius 3 is 2.26 bits per heavy atom. The van der Waals surface area contributed by atoms with E-state index in [1.807, 2.05) is 59.8 Å². The van der Waals surface area contributed by atoms with Crippen molar-refractivity contribution < 1.29 is 22.8 Å². The van der Waals surface area contributed by atoms with Gasteiger partial charge in [0.05, 0.1) is 4.47 Å². The Labute approximate surface area is 224 Å². The van der Waals surface area contributed by atoms with Crippen molar-refractivity contribution in [1.82, 2.24) is 0 Å². The molecule has 3 unspecified atom stereocenters. The number of benzene rings is 2. The molecule has 0 saturated carbocycles. The molecule has 2 aromatic rings. The third-order valence-corrected chi connectivity index (χ3v) is 10.7. The molecule has 0 spiro atoms. The Morgan fingerprint density at radius 1 is 1.03 bits per heavy atom. The summed E-state index contributed by atoms with van der Waals surface area (Å²) in [6, 6.07) is 8.75. The molecule has 0 amide bonds. The predicted octanol–water partition coefficient (Wildman–Crippen LogP) is 7.56. The van der Waals surface area contributed by atoms with Gasteiger partial charge in [-0.2, -0.15) is 8.42 Å². The number of fused-ring (bicyclic) bond motifs is 1. The van der Waals surface area contributed by atoms with Gasteiger partial charge < -0.3 is 10.2 Å². The first kappa shape index (κ1) is 26.5. The van der Waals surface area contributed by atoms with Crippen LogP contribution in [0, 0.1) is 24.7 Å². The Balaban J connectivity index is 2.17. The van der Waals surface area contributed by atoms with Gasteiger partial charge in [0, 0.05) is 21.9 Å². The summed E-state index contributed by atoms with van der Waals surface area (Å²) in [6.45, 7) is 11.7. The number of phenols is 1. The van der Waals surface area contributed by atoms with E-state index in [2.05, 4.69) is 31.9 Å². The predicted molar refractivity (Wildman–Crippen MR) is 144 cm³/mol. The lowest BCUT2D eigenvalue weighted by Gasteiger charge is -2.42. The van der Waals surface area contributed by atoms with Gasteiger partial charge in [0.2, 0.25) is 0 Å². The van der Waals surface area contributed by atoms with Crippen LogP contribution >= 0.6 is 31.9 Å². The lowest BCUT2D eigenvalue weighted by molar-refractivity contribution is 0.0636. The van der Waals surface area contributed by atoms with Crippen LogP contribution in [0.4, 0.5) is 0 Å². The number of rotatable bonds is 4. The van der Waals surface area contributed by atoms with Crippen LogP contribution in [0.3, 0.4) is 0 Å². The van der Waals surface area contributed by atoms with Crippen molar-refractivity contribution in [1.29, 1.82) is 0 Å². The molecule has 0 fully saturated rings. The molecule has 1 aliphatic heterocycles. The van der Waals surface area contributed by atoms with E-state index >= 15 is 0 Å². The van der Waals surface area contributed by atoms with Crippen molar-refractivity contribution >= 4 is 42.0 Å². The van der Waals surface area contributed by atoms with Crippen molar-refractivity contribution in [3.63, 3.8) is 0 Å². The molecule has 0 bridgehead atoms. The minimum Gasteiger partial charge on any atom is -0.507 e. The zero-order chi connectivity index (χ0) is 26.0. The Kier molecular flexibility index (Phi) is 6.84. The molecule has 0 aromatic heterocycles. The van der Waals surface area contributed by atoms with Gasteiger partial charge in [0.15, 0.2) is 0 Å².